The standard InChI is InChI=1S/C10H8ClNO4/c1-6(5-13)2-7-3-8(11)4-9(10(7)14)12(15)16/h2-5,14H,1H3/p-1/b6-2+. The Bertz CT molecular complexity index is 482. The maximum Gasteiger partial charge on any atom is 0.263 e. The Hall–Kier alpha value is -1.88. The van der Waals surface area contributed by atoms with Gasteiger partial charge in [0.1, 0.15) is 6.29 Å². The minimum absolute atomic E-state index is 0.0313. The molecule has 0 saturated carbocycles. The van der Waals surface area contributed by atoms with Crippen molar-refractivity contribution in [3.8, 4) is 5.75 Å². The third-order valence-corrected chi connectivity index (χ3v) is 2.05. The molecule has 0 N–H and O–H groups in total. The van der Waals surface area contributed by atoms with E-state index in [9.17, 15) is 20.0 Å². The highest BCUT2D eigenvalue weighted by molar-refractivity contribution is 6.31. The first-order valence-corrected chi connectivity index (χ1v) is 4.62. The molecule has 1 aromatic rings. The summed E-state index contributed by atoms with van der Waals surface area (Å²) < 4.78 is 0. The minimum atomic E-state index is -0.804. The van der Waals surface area contributed by atoms with Gasteiger partial charge in [-0.2, -0.15) is 0 Å². The van der Waals surface area contributed by atoms with E-state index in [4.69, 9.17) is 11.6 Å². The summed E-state index contributed by atoms with van der Waals surface area (Å²) in [5, 5.41) is 22.2. The Kier molecular flexibility index (Phi) is 3.63. The van der Waals surface area contributed by atoms with E-state index in [1.165, 1.54) is 19.1 Å². The normalized spacial score (nSPS) is 11.2. The first-order valence-electron chi connectivity index (χ1n) is 4.24. The van der Waals surface area contributed by atoms with Crippen LogP contribution in [-0.4, -0.2) is 11.2 Å². The molecule has 1 rings (SSSR count). The maximum atomic E-state index is 11.6. The summed E-state index contributed by atoms with van der Waals surface area (Å²) in [4.78, 5) is 20.1. The summed E-state index contributed by atoms with van der Waals surface area (Å²) in [7, 11) is 0. The zero-order valence-electron chi connectivity index (χ0n) is 8.27. The van der Waals surface area contributed by atoms with Gasteiger partial charge in [0.25, 0.3) is 5.69 Å². The number of allylic oxidation sites excluding steroid dienone is 1. The molecule has 0 saturated heterocycles. The molecule has 0 bridgehead atoms. The van der Waals surface area contributed by atoms with E-state index >= 15 is 0 Å². The number of rotatable bonds is 3. The van der Waals surface area contributed by atoms with Gasteiger partial charge in [-0.25, -0.2) is 0 Å². The molecule has 0 aliphatic heterocycles. The van der Waals surface area contributed by atoms with Gasteiger partial charge >= 0.3 is 0 Å². The second kappa shape index (κ2) is 4.76. The number of halogens is 1. The molecule has 0 heterocycles. The topological polar surface area (TPSA) is 83.3 Å². The highest BCUT2D eigenvalue weighted by Crippen LogP contribution is 2.32. The SMILES string of the molecule is C/C(C=O)=C\c1cc(Cl)cc([N+](=O)[O-])c1[O-]. The highest BCUT2D eigenvalue weighted by Gasteiger charge is 2.11. The predicted molar refractivity (Wildman–Crippen MR) is 57.3 cm³/mol. The van der Waals surface area contributed by atoms with Gasteiger partial charge in [0, 0.05) is 11.1 Å². The number of carbonyl (C=O) groups excluding carboxylic acids is 1. The van der Waals surface area contributed by atoms with E-state index in [0.29, 0.717) is 6.29 Å². The van der Waals surface area contributed by atoms with E-state index in [-0.39, 0.29) is 16.2 Å². The van der Waals surface area contributed by atoms with Gasteiger partial charge in [-0.3, -0.25) is 14.9 Å². The van der Waals surface area contributed by atoms with Gasteiger partial charge in [0.05, 0.1) is 4.92 Å². The Labute approximate surface area is 96.1 Å². The molecule has 0 aromatic heterocycles. The van der Waals surface area contributed by atoms with Crippen LogP contribution < -0.4 is 5.11 Å². The molecular weight excluding hydrogens is 234 g/mol. The smallest absolute Gasteiger partial charge is 0.263 e. The van der Waals surface area contributed by atoms with Crippen molar-refractivity contribution in [1.82, 2.24) is 0 Å². The number of hydrogen-bond acceptors (Lipinski definition) is 4. The van der Waals surface area contributed by atoms with Crippen molar-refractivity contribution < 1.29 is 14.8 Å². The second-order valence-corrected chi connectivity index (χ2v) is 3.54. The van der Waals surface area contributed by atoms with Gasteiger partial charge in [-0.1, -0.05) is 11.6 Å². The van der Waals surface area contributed by atoms with Crippen LogP contribution in [0.15, 0.2) is 17.7 Å². The van der Waals surface area contributed by atoms with Gasteiger partial charge in [0.2, 0.25) is 0 Å². The summed E-state index contributed by atoms with van der Waals surface area (Å²) in [6.07, 6.45) is 1.81. The first kappa shape index (κ1) is 12.2. The zero-order valence-corrected chi connectivity index (χ0v) is 9.02. The number of hydrogen-bond donors (Lipinski definition) is 0. The third-order valence-electron chi connectivity index (χ3n) is 1.83. The lowest BCUT2D eigenvalue weighted by atomic mass is 10.1. The maximum absolute atomic E-state index is 11.6. The first-order chi connectivity index (χ1) is 7.45. The van der Waals surface area contributed by atoms with Crippen LogP contribution >= 0.6 is 11.6 Å². The average Bonchev–Trinajstić information content (AvgIpc) is 2.22. The number of benzene rings is 1. The minimum Gasteiger partial charge on any atom is -0.867 e. The van der Waals surface area contributed by atoms with E-state index in [1.54, 1.807) is 0 Å². The van der Waals surface area contributed by atoms with Crippen molar-refractivity contribution in [2.45, 2.75) is 6.92 Å². The molecule has 84 valence electrons. The molecular formula is C10H7ClNO4-. The van der Waals surface area contributed by atoms with Crippen molar-refractivity contribution >= 4 is 29.7 Å². The quantitative estimate of drug-likeness (QED) is 0.350. The van der Waals surface area contributed by atoms with Gasteiger partial charge in [-0.05, 0) is 36.0 Å². The van der Waals surface area contributed by atoms with Crippen molar-refractivity contribution in [3.05, 3.63) is 38.4 Å². The summed E-state index contributed by atoms with van der Waals surface area (Å²) in [5.41, 5.74) is -0.282. The van der Waals surface area contributed by atoms with Crippen LogP contribution in [0, 0.1) is 10.1 Å². The van der Waals surface area contributed by atoms with Gasteiger partial charge < -0.3 is 5.11 Å². The highest BCUT2D eigenvalue weighted by atomic mass is 35.5. The van der Waals surface area contributed by atoms with Crippen LogP contribution in [0.3, 0.4) is 0 Å². The van der Waals surface area contributed by atoms with Crippen molar-refractivity contribution in [3.63, 3.8) is 0 Å². The molecule has 0 atom stereocenters. The predicted octanol–water partition coefficient (Wildman–Crippen LogP) is 1.92. The molecule has 0 radical (unpaired) electrons. The Morgan fingerprint density at radius 3 is 2.62 bits per heavy atom. The van der Waals surface area contributed by atoms with Crippen LogP contribution in [-0.2, 0) is 4.79 Å². The summed E-state index contributed by atoms with van der Waals surface area (Å²) in [6.45, 7) is 1.49. The van der Waals surface area contributed by atoms with Crippen molar-refractivity contribution in [2.75, 3.05) is 0 Å². The lowest BCUT2D eigenvalue weighted by Crippen LogP contribution is -2.00. The second-order valence-electron chi connectivity index (χ2n) is 3.11. The zero-order chi connectivity index (χ0) is 12.3. The Morgan fingerprint density at radius 1 is 1.50 bits per heavy atom. The van der Waals surface area contributed by atoms with Crippen molar-refractivity contribution in [2.24, 2.45) is 0 Å². The molecule has 0 aliphatic carbocycles. The Balaban J connectivity index is 3.41. The van der Waals surface area contributed by atoms with Crippen molar-refractivity contribution in [1.29, 1.82) is 0 Å². The fraction of sp³-hybridized carbons (Fsp3) is 0.100. The molecule has 6 heteroatoms. The molecule has 0 aliphatic rings. The number of nitrogens with zero attached hydrogens (tertiary/aromatic N) is 1. The van der Waals surface area contributed by atoms with Crippen LogP contribution in [0.2, 0.25) is 5.02 Å². The summed E-state index contributed by atoms with van der Waals surface area (Å²) in [6, 6.07) is 2.27. The van der Waals surface area contributed by atoms with E-state index < -0.39 is 16.4 Å². The van der Waals surface area contributed by atoms with Gasteiger partial charge in [0.15, 0.2) is 0 Å². The molecule has 0 unspecified atom stereocenters. The van der Waals surface area contributed by atoms with E-state index in [0.717, 1.165) is 6.07 Å². The van der Waals surface area contributed by atoms with Gasteiger partial charge in [-0.15, -0.1) is 0 Å². The molecule has 0 spiro atoms. The number of nitro benzene ring substituents is 1. The lowest BCUT2D eigenvalue weighted by molar-refractivity contribution is -0.398. The van der Waals surface area contributed by atoms with Crippen LogP contribution in [0.4, 0.5) is 5.69 Å². The molecule has 0 amide bonds. The lowest BCUT2D eigenvalue weighted by Gasteiger charge is -2.11. The number of aldehydes is 1. The van der Waals surface area contributed by atoms with Crippen LogP contribution in [0.1, 0.15) is 12.5 Å². The largest absolute Gasteiger partial charge is 0.867 e. The molecule has 0 fully saturated rings. The fourth-order valence-corrected chi connectivity index (χ4v) is 1.34. The molecule has 16 heavy (non-hydrogen) atoms. The third kappa shape index (κ3) is 2.58. The van der Waals surface area contributed by atoms with E-state index in [2.05, 4.69) is 0 Å². The fourth-order valence-electron chi connectivity index (χ4n) is 1.12. The number of nitro groups is 1. The Morgan fingerprint density at radius 2 is 2.12 bits per heavy atom. The van der Waals surface area contributed by atoms with Crippen LogP contribution in [0.25, 0.3) is 6.08 Å². The average molecular weight is 241 g/mol. The van der Waals surface area contributed by atoms with Crippen LogP contribution in [0.5, 0.6) is 5.75 Å². The molecule has 5 nitrogen and oxygen atoms in total. The molecule has 1 aromatic carbocycles. The summed E-state index contributed by atoms with van der Waals surface area (Å²) in [5.74, 6) is -0.754. The summed E-state index contributed by atoms with van der Waals surface area (Å²) >= 11 is 5.63. The number of carbonyl (C=O) groups is 1. The van der Waals surface area contributed by atoms with E-state index in [1.807, 2.05) is 0 Å². The monoisotopic (exact) mass is 240 g/mol.